The summed E-state index contributed by atoms with van der Waals surface area (Å²) in [5.41, 5.74) is 6.77. The lowest BCUT2D eigenvalue weighted by Gasteiger charge is -2.12. The van der Waals surface area contributed by atoms with Gasteiger partial charge in [-0.3, -0.25) is 4.79 Å². The number of nitrogens with two attached hydrogens (primary N) is 1. The highest BCUT2D eigenvalue weighted by molar-refractivity contribution is 5.92. The summed E-state index contributed by atoms with van der Waals surface area (Å²) >= 11 is 0. The summed E-state index contributed by atoms with van der Waals surface area (Å²) in [4.78, 5) is 13.7. The number of hydrogen-bond acceptors (Lipinski definition) is 3. The fraction of sp³-hybridized carbons (Fsp3) is 0.400. The topological polar surface area (TPSA) is 55.6 Å². The molecule has 1 amide bonds. The van der Waals surface area contributed by atoms with E-state index in [1.54, 1.807) is 11.0 Å². The number of ether oxygens (including phenoxy) is 1. The lowest BCUT2D eigenvalue weighted by atomic mass is 10.2. The Labute approximate surface area is 113 Å². The largest absolute Gasteiger partial charge is 0.494 e. The first kappa shape index (κ1) is 13.6. The molecule has 1 aliphatic heterocycles. The van der Waals surface area contributed by atoms with Gasteiger partial charge in [0.25, 0.3) is 0 Å². The first-order valence-electron chi connectivity index (χ1n) is 6.64. The Morgan fingerprint density at radius 2 is 2.21 bits per heavy atom. The fourth-order valence-electron chi connectivity index (χ4n) is 2.10. The maximum atomic E-state index is 11.9. The van der Waals surface area contributed by atoms with Crippen LogP contribution in [0.3, 0.4) is 0 Å². The zero-order valence-electron chi connectivity index (χ0n) is 11.2. The minimum Gasteiger partial charge on any atom is -0.494 e. The van der Waals surface area contributed by atoms with Crippen LogP contribution in [0, 0.1) is 0 Å². The van der Waals surface area contributed by atoms with Gasteiger partial charge in [0, 0.05) is 25.2 Å². The van der Waals surface area contributed by atoms with Crippen molar-refractivity contribution in [3.8, 4) is 5.75 Å². The molecule has 19 heavy (non-hydrogen) atoms. The van der Waals surface area contributed by atoms with Crippen molar-refractivity contribution >= 4 is 12.0 Å². The molecule has 0 saturated carbocycles. The Balaban J connectivity index is 1.92. The lowest BCUT2D eigenvalue weighted by Crippen LogP contribution is -2.30. The van der Waals surface area contributed by atoms with Gasteiger partial charge in [-0.1, -0.05) is 12.1 Å². The van der Waals surface area contributed by atoms with Crippen LogP contribution >= 0.6 is 0 Å². The minimum atomic E-state index is 0.0295. The van der Waals surface area contributed by atoms with Crippen molar-refractivity contribution in [2.75, 3.05) is 19.7 Å². The van der Waals surface area contributed by atoms with E-state index in [-0.39, 0.29) is 11.9 Å². The Hall–Kier alpha value is -1.81. The second-order valence-electron chi connectivity index (χ2n) is 4.67. The van der Waals surface area contributed by atoms with E-state index in [0.717, 1.165) is 24.3 Å². The molecule has 1 fully saturated rings. The summed E-state index contributed by atoms with van der Waals surface area (Å²) in [5.74, 6) is 0.873. The molecule has 1 aromatic carbocycles. The van der Waals surface area contributed by atoms with Gasteiger partial charge in [0.1, 0.15) is 5.75 Å². The molecule has 0 aliphatic carbocycles. The van der Waals surface area contributed by atoms with Crippen molar-refractivity contribution in [2.24, 2.45) is 5.73 Å². The van der Waals surface area contributed by atoms with Gasteiger partial charge in [-0.25, -0.2) is 0 Å². The van der Waals surface area contributed by atoms with Crippen LogP contribution in [0.5, 0.6) is 5.75 Å². The SMILES string of the molecule is CCOc1ccc(C=CC(=O)N2CCC(N)C2)cc1. The smallest absolute Gasteiger partial charge is 0.246 e. The van der Waals surface area contributed by atoms with E-state index in [2.05, 4.69) is 0 Å². The van der Waals surface area contributed by atoms with Crippen molar-refractivity contribution in [1.82, 2.24) is 4.90 Å². The van der Waals surface area contributed by atoms with Crippen molar-refractivity contribution in [3.63, 3.8) is 0 Å². The van der Waals surface area contributed by atoms with E-state index >= 15 is 0 Å². The van der Waals surface area contributed by atoms with Gasteiger partial charge in [-0.15, -0.1) is 0 Å². The van der Waals surface area contributed by atoms with Crippen LogP contribution in [-0.2, 0) is 4.79 Å². The molecule has 102 valence electrons. The highest BCUT2D eigenvalue weighted by Gasteiger charge is 2.21. The van der Waals surface area contributed by atoms with Gasteiger partial charge < -0.3 is 15.4 Å². The van der Waals surface area contributed by atoms with Crippen LogP contribution in [0.1, 0.15) is 18.9 Å². The molecule has 2 N–H and O–H groups in total. The third kappa shape index (κ3) is 3.83. The first-order valence-corrected chi connectivity index (χ1v) is 6.64. The molecule has 1 heterocycles. The molecule has 0 aromatic heterocycles. The molecule has 1 unspecified atom stereocenters. The van der Waals surface area contributed by atoms with E-state index < -0.39 is 0 Å². The molecular weight excluding hydrogens is 240 g/mol. The van der Waals surface area contributed by atoms with Crippen molar-refractivity contribution in [2.45, 2.75) is 19.4 Å². The van der Waals surface area contributed by atoms with Gasteiger partial charge in [0.15, 0.2) is 0 Å². The molecule has 1 aliphatic rings. The van der Waals surface area contributed by atoms with Crippen LogP contribution in [0.4, 0.5) is 0 Å². The fourth-order valence-corrected chi connectivity index (χ4v) is 2.10. The molecule has 4 heteroatoms. The predicted molar refractivity (Wildman–Crippen MR) is 75.8 cm³/mol. The summed E-state index contributed by atoms with van der Waals surface area (Å²) in [6, 6.07) is 7.80. The molecule has 0 bridgehead atoms. The number of hydrogen-bond donors (Lipinski definition) is 1. The summed E-state index contributed by atoms with van der Waals surface area (Å²) < 4.78 is 5.37. The molecule has 0 spiro atoms. The highest BCUT2D eigenvalue weighted by Crippen LogP contribution is 2.14. The average molecular weight is 260 g/mol. The zero-order chi connectivity index (χ0) is 13.7. The Kier molecular flexibility index (Phi) is 4.58. The van der Waals surface area contributed by atoms with Crippen LogP contribution < -0.4 is 10.5 Å². The quantitative estimate of drug-likeness (QED) is 0.838. The Bertz CT molecular complexity index is 454. The number of likely N-dealkylation sites (tertiary alicyclic amines) is 1. The second kappa shape index (κ2) is 6.38. The number of carbonyl (C=O) groups is 1. The van der Waals surface area contributed by atoms with Crippen LogP contribution in [0.2, 0.25) is 0 Å². The van der Waals surface area contributed by atoms with Gasteiger partial charge in [-0.2, -0.15) is 0 Å². The predicted octanol–water partition coefficient (Wildman–Crippen LogP) is 1.66. The van der Waals surface area contributed by atoms with Crippen LogP contribution in [0.25, 0.3) is 6.08 Å². The molecule has 2 rings (SSSR count). The van der Waals surface area contributed by atoms with E-state index in [1.165, 1.54) is 0 Å². The number of benzene rings is 1. The van der Waals surface area contributed by atoms with Crippen LogP contribution in [-0.4, -0.2) is 36.5 Å². The van der Waals surface area contributed by atoms with Gasteiger partial charge >= 0.3 is 0 Å². The molecule has 1 atom stereocenters. The number of rotatable bonds is 4. The van der Waals surface area contributed by atoms with Gasteiger partial charge in [0.2, 0.25) is 5.91 Å². The Morgan fingerprint density at radius 1 is 1.47 bits per heavy atom. The standard InChI is InChI=1S/C15H20N2O2/c1-2-19-14-6-3-12(4-7-14)5-8-15(18)17-10-9-13(16)11-17/h3-8,13H,2,9-11,16H2,1H3. The third-order valence-electron chi connectivity index (χ3n) is 3.15. The number of carbonyl (C=O) groups excluding carboxylic acids is 1. The maximum Gasteiger partial charge on any atom is 0.246 e. The van der Waals surface area contributed by atoms with Crippen molar-refractivity contribution < 1.29 is 9.53 Å². The molecule has 1 aromatic rings. The molecular formula is C15H20N2O2. The zero-order valence-corrected chi connectivity index (χ0v) is 11.2. The van der Waals surface area contributed by atoms with E-state index in [1.807, 2.05) is 37.3 Å². The van der Waals surface area contributed by atoms with Gasteiger partial charge in [0.05, 0.1) is 6.61 Å². The summed E-state index contributed by atoms with van der Waals surface area (Å²) in [7, 11) is 0. The maximum absolute atomic E-state index is 11.9. The average Bonchev–Trinajstić information content (AvgIpc) is 2.85. The molecule has 4 nitrogen and oxygen atoms in total. The minimum absolute atomic E-state index is 0.0295. The third-order valence-corrected chi connectivity index (χ3v) is 3.15. The number of nitrogens with zero attached hydrogens (tertiary/aromatic N) is 1. The summed E-state index contributed by atoms with van der Waals surface area (Å²) in [6.07, 6.45) is 4.32. The second-order valence-corrected chi connectivity index (χ2v) is 4.67. The first-order chi connectivity index (χ1) is 9.19. The highest BCUT2D eigenvalue weighted by atomic mass is 16.5. The van der Waals surface area contributed by atoms with Crippen LogP contribution in [0.15, 0.2) is 30.3 Å². The summed E-state index contributed by atoms with van der Waals surface area (Å²) in [6.45, 7) is 4.02. The normalized spacial score (nSPS) is 19.1. The van der Waals surface area contributed by atoms with E-state index in [4.69, 9.17) is 10.5 Å². The number of amides is 1. The van der Waals surface area contributed by atoms with E-state index in [0.29, 0.717) is 13.2 Å². The lowest BCUT2D eigenvalue weighted by molar-refractivity contribution is -0.124. The monoisotopic (exact) mass is 260 g/mol. The molecule has 0 radical (unpaired) electrons. The van der Waals surface area contributed by atoms with Crippen molar-refractivity contribution in [3.05, 3.63) is 35.9 Å². The van der Waals surface area contributed by atoms with E-state index in [9.17, 15) is 4.79 Å². The Morgan fingerprint density at radius 3 is 2.79 bits per heavy atom. The van der Waals surface area contributed by atoms with Crippen molar-refractivity contribution in [1.29, 1.82) is 0 Å². The van der Waals surface area contributed by atoms with Gasteiger partial charge in [-0.05, 0) is 37.1 Å². The molecule has 1 saturated heterocycles. The summed E-state index contributed by atoms with van der Waals surface area (Å²) in [5, 5.41) is 0.